The van der Waals surface area contributed by atoms with Crippen LogP contribution in [-0.4, -0.2) is 37.5 Å². The lowest BCUT2D eigenvalue weighted by molar-refractivity contribution is 0.316. The molecule has 3 rings (SSSR count). The molecule has 2 heterocycles. The van der Waals surface area contributed by atoms with Gasteiger partial charge in [0, 0.05) is 23.8 Å². The lowest BCUT2D eigenvalue weighted by Crippen LogP contribution is -2.14. The monoisotopic (exact) mass is 424 g/mol. The number of hydrogen-bond acceptors (Lipinski definition) is 7. The van der Waals surface area contributed by atoms with Crippen molar-refractivity contribution in [3.8, 4) is 11.4 Å². The fourth-order valence-electron chi connectivity index (χ4n) is 3.10. The molecule has 2 aromatic heterocycles. The van der Waals surface area contributed by atoms with E-state index >= 15 is 0 Å². The Bertz CT molecular complexity index is 1030. The van der Waals surface area contributed by atoms with Crippen molar-refractivity contribution in [1.82, 2.24) is 30.4 Å². The molecular formula is C23H32N6O2. The van der Waals surface area contributed by atoms with E-state index in [4.69, 9.17) is 9.15 Å². The number of methoxy groups -OCH3 is 1. The molecule has 0 bridgehead atoms. The smallest absolute Gasteiger partial charge is 0.219 e. The summed E-state index contributed by atoms with van der Waals surface area (Å²) in [7, 11) is 1.67. The number of ether oxygens (including phenoxy) is 1. The van der Waals surface area contributed by atoms with Crippen LogP contribution in [0.15, 0.2) is 28.7 Å². The highest BCUT2D eigenvalue weighted by molar-refractivity contribution is 5.60. The van der Waals surface area contributed by atoms with Crippen molar-refractivity contribution in [3.05, 3.63) is 47.4 Å². The average molecular weight is 425 g/mol. The Balaban J connectivity index is 1.73. The Labute approximate surface area is 183 Å². The van der Waals surface area contributed by atoms with Gasteiger partial charge in [0.05, 0.1) is 12.8 Å². The van der Waals surface area contributed by atoms with Crippen molar-refractivity contribution in [2.45, 2.75) is 66.2 Å². The van der Waals surface area contributed by atoms with Crippen LogP contribution < -0.4 is 4.74 Å². The van der Waals surface area contributed by atoms with Crippen LogP contribution in [-0.2, 0) is 6.42 Å². The van der Waals surface area contributed by atoms with Gasteiger partial charge in [-0.05, 0) is 35.2 Å². The highest BCUT2D eigenvalue weighted by Crippen LogP contribution is 2.29. The number of hydrogen-bond donors (Lipinski definition) is 0. The molecule has 0 amide bonds. The number of allylic oxidation sites excluding steroid dienone is 1. The van der Waals surface area contributed by atoms with Gasteiger partial charge >= 0.3 is 0 Å². The molecule has 0 spiro atoms. The van der Waals surface area contributed by atoms with Gasteiger partial charge in [-0.3, -0.25) is 0 Å². The van der Waals surface area contributed by atoms with Gasteiger partial charge in [0.2, 0.25) is 11.8 Å². The van der Waals surface area contributed by atoms with Gasteiger partial charge in [-0.25, -0.2) is 0 Å². The van der Waals surface area contributed by atoms with E-state index in [9.17, 15) is 0 Å². The van der Waals surface area contributed by atoms with E-state index in [0.29, 0.717) is 11.8 Å². The van der Waals surface area contributed by atoms with E-state index in [1.165, 1.54) is 0 Å². The first-order valence-electron chi connectivity index (χ1n) is 10.7. The second kappa shape index (κ2) is 9.41. The second-order valence-corrected chi connectivity index (χ2v) is 9.15. The molecule has 8 nitrogen and oxygen atoms in total. The van der Waals surface area contributed by atoms with Crippen LogP contribution in [0.1, 0.15) is 83.0 Å². The molecule has 0 aliphatic rings. The molecule has 0 fully saturated rings. The molecule has 0 radical (unpaired) electrons. The lowest BCUT2D eigenvalue weighted by atomic mass is 9.85. The van der Waals surface area contributed by atoms with Crippen molar-refractivity contribution in [3.63, 3.8) is 0 Å². The fraction of sp³-hybridized carbons (Fsp3) is 0.522. The zero-order valence-electron chi connectivity index (χ0n) is 19.5. The summed E-state index contributed by atoms with van der Waals surface area (Å²) in [5.41, 5.74) is 1.77. The van der Waals surface area contributed by atoms with Crippen LogP contribution in [0.25, 0.3) is 11.8 Å². The minimum Gasteiger partial charge on any atom is -0.496 e. The Morgan fingerprint density at radius 3 is 2.48 bits per heavy atom. The highest BCUT2D eigenvalue weighted by atomic mass is 16.5. The van der Waals surface area contributed by atoms with E-state index in [2.05, 4.69) is 51.6 Å². The summed E-state index contributed by atoms with van der Waals surface area (Å²) in [6.45, 7) is 12.6. The summed E-state index contributed by atoms with van der Waals surface area (Å²) in [6, 6.07) is 5.85. The minimum atomic E-state index is -0.0260. The highest BCUT2D eigenvalue weighted by Gasteiger charge is 2.21. The maximum absolute atomic E-state index is 5.78. The number of benzene rings is 1. The normalized spacial score (nSPS) is 12.4. The zero-order chi connectivity index (χ0) is 22.6. The van der Waals surface area contributed by atoms with Crippen molar-refractivity contribution in [2.24, 2.45) is 5.41 Å². The molecule has 1 aromatic carbocycles. The largest absolute Gasteiger partial charge is 0.496 e. The Kier molecular flexibility index (Phi) is 6.87. The van der Waals surface area contributed by atoms with E-state index < -0.39 is 0 Å². The van der Waals surface area contributed by atoms with Crippen molar-refractivity contribution < 1.29 is 9.15 Å². The molecule has 0 aliphatic heterocycles. The second-order valence-electron chi connectivity index (χ2n) is 9.15. The maximum Gasteiger partial charge on any atom is 0.219 e. The Morgan fingerprint density at radius 1 is 1.10 bits per heavy atom. The first kappa shape index (κ1) is 22.7. The third kappa shape index (κ3) is 5.77. The maximum atomic E-state index is 5.78. The van der Waals surface area contributed by atoms with Crippen molar-refractivity contribution >= 4 is 6.08 Å². The van der Waals surface area contributed by atoms with Crippen LogP contribution in [0.2, 0.25) is 0 Å². The van der Waals surface area contributed by atoms with E-state index in [0.717, 1.165) is 35.7 Å². The molecule has 8 heteroatoms. The summed E-state index contributed by atoms with van der Waals surface area (Å²) >= 11 is 0. The molecule has 166 valence electrons. The third-order valence-electron chi connectivity index (χ3n) is 4.96. The number of rotatable bonds is 9. The van der Waals surface area contributed by atoms with Gasteiger partial charge in [-0.2, -0.15) is 0 Å². The van der Waals surface area contributed by atoms with Crippen molar-refractivity contribution in [1.29, 1.82) is 0 Å². The summed E-state index contributed by atoms with van der Waals surface area (Å²) < 4.78 is 11.3. The quantitative estimate of drug-likeness (QED) is 0.479. The van der Waals surface area contributed by atoms with Gasteiger partial charge < -0.3 is 9.15 Å². The number of tetrazole rings is 1. The predicted molar refractivity (Wildman–Crippen MR) is 119 cm³/mol. The Morgan fingerprint density at radius 2 is 1.87 bits per heavy atom. The summed E-state index contributed by atoms with van der Waals surface area (Å²) in [5, 5.41) is 21.1. The topological polar surface area (TPSA) is 91.8 Å². The fourth-order valence-corrected chi connectivity index (χ4v) is 3.10. The SMILES string of the molecule is COc1ccc(-n2nnc(C(C)C)n2)cc1/C=C/CC(C)(C)Cc1nnc(C(C)C)o1. The predicted octanol–water partition coefficient (Wildman–Crippen LogP) is 4.97. The van der Waals surface area contributed by atoms with Gasteiger partial charge in [0.15, 0.2) is 5.82 Å². The van der Waals surface area contributed by atoms with Crippen LogP contribution in [0.4, 0.5) is 0 Å². The van der Waals surface area contributed by atoms with E-state index in [1.807, 2.05) is 45.9 Å². The van der Waals surface area contributed by atoms with Crippen LogP contribution in [0.3, 0.4) is 0 Å². The number of aromatic nitrogens is 6. The van der Waals surface area contributed by atoms with Crippen molar-refractivity contribution in [2.75, 3.05) is 7.11 Å². The van der Waals surface area contributed by atoms with Crippen LogP contribution in [0, 0.1) is 5.41 Å². The summed E-state index contributed by atoms with van der Waals surface area (Å²) in [4.78, 5) is 1.55. The number of nitrogens with zero attached hydrogens (tertiary/aromatic N) is 6. The molecule has 0 atom stereocenters. The third-order valence-corrected chi connectivity index (χ3v) is 4.96. The average Bonchev–Trinajstić information content (AvgIpc) is 3.37. The molecular weight excluding hydrogens is 392 g/mol. The molecule has 31 heavy (non-hydrogen) atoms. The van der Waals surface area contributed by atoms with E-state index in [1.54, 1.807) is 11.9 Å². The van der Waals surface area contributed by atoms with Gasteiger partial charge in [0.1, 0.15) is 5.75 Å². The van der Waals surface area contributed by atoms with Gasteiger partial charge in [-0.1, -0.05) is 53.7 Å². The first-order valence-corrected chi connectivity index (χ1v) is 10.7. The molecule has 0 unspecified atom stereocenters. The first-order chi connectivity index (χ1) is 14.7. The lowest BCUT2D eigenvalue weighted by Gasteiger charge is -2.20. The molecule has 0 N–H and O–H groups in total. The summed E-state index contributed by atoms with van der Waals surface area (Å²) in [5.74, 6) is 3.34. The van der Waals surface area contributed by atoms with Gasteiger partial charge in [-0.15, -0.1) is 25.2 Å². The van der Waals surface area contributed by atoms with Gasteiger partial charge in [0.25, 0.3) is 0 Å². The molecule has 3 aromatic rings. The van der Waals surface area contributed by atoms with Crippen LogP contribution in [0.5, 0.6) is 5.75 Å². The molecule has 0 saturated heterocycles. The molecule has 0 aliphatic carbocycles. The minimum absolute atomic E-state index is 0.0260. The van der Waals surface area contributed by atoms with E-state index in [-0.39, 0.29) is 17.3 Å². The van der Waals surface area contributed by atoms with Crippen LogP contribution >= 0.6 is 0 Å². The summed E-state index contributed by atoms with van der Waals surface area (Å²) in [6.07, 6.45) is 5.78. The zero-order valence-corrected chi connectivity index (χ0v) is 19.5. The standard InChI is InChI=1S/C23H32N6O2/c1-15(2)21-25-28-29(27-21)18-10-11-19(30-7)17(13-18)9-8-12-23(5,6)14-20-24-26-22(31-20)16(3)4/h8-11,13,15-16H,12,14H2,1-7H3/b9-8+. The Hall–Kier alpha value is -3.03. The molecule has 0 saturated carbocycles.